The van der Waals surface area contributed by atoms with Crippen molar-refractivity contribution < 1.29 is 19.4 Å². The maximum absolute atomic E-state index is 11.9. The van der Waals surface area contributed by atoms with Crippen molar-refractivity contribution in [2.24, 2.45) is 5.92 Å². The Labute approximate surface area is 126 Å². The van der Waals surface area contributed by atoms with Crippen molar-refractivity contribution in [3.63, 3.8) is 0 Å². The quantitative estimate of drug-likeness (QED) is 0.808. The van der Waals surface area contributed by atoms with E-state index in [9.17, 15) is 9.59 Å². The smallest absolute Gasteiger partial charge is 0.306 e. The molecule has 1 aliphatic carbocycles. The molecule has 0 heterocycles. The third-order valence-corrected chi connectivity index (χ3v) is 4.37. The molecule has 2 atom stereocenters. The summed E-state index contributed by atoms with van der Waals surface area (Å²) in [6, 6.07) is 5.43. The van der Waals surface area contributed by atoms with Crippen LogP contribution >= 0.6 is 15.9 Å². The second-order valence-corrected chi connectivity index (χ2v) is 6.00. The highest BCUT2D eigenvalue weighted by molar-refractivity contribution is 9.10. The minimum Gasteiger partial charge on any atom is -0.493 e. The number of alkyl halides is 1. The Morgan fingerprint density at radius 2 is 2.30 bits per heavy atom. The molecule has 0 amide bonds. The first-order valence-corrected chi connectivity index (χ1v) is 7.62. The van der Waals surface area contributed by atoms with Gasteiger partial charge in [-0.05, 0) is 25.3 Å². The summed E-state index contributed by atoms with van der Waals surface area (Å²) in [6.07, 6.45) is 1.69. The van der Waals surface area contributed by atoms with Crippen LogP contribution in [-0.4, -0.2) is 28.3 Å². The molecule has 5 heteroatoms. The fraction of sp³-hybridized carbons (Fsp3) is 0.467. The molecule has 0 saturated carbocycles. The molecule has 20 heavy (non-hydrogen) atoms. The van der Waals surface area contributed by atoms with Gasteiger partial charge in [0.2, 0.25) is 0 Å². The fourth-order valence-corrected chi connectivity index (χ4v) is 2.97. The highest BCUT2D eigenvalue weighted by Crippen LogP contribution is 2.33. The van der Waals surface area contributed by atoms with E-state index in [1.807, 2.05) is 13.0 Å². The number of Topliss-reactive ketones (excluding diaryl/α,β-unsaturated/α-hetero) is 1. The molecule has 0 fully saturated rings. The standard InChI is InChI=1S/C15H17BrO4/c1-2-9(15(18)19)6-7-20-13-5-3-4-10-11(13)8-12(16)14(10)17/h3-5,9,12H,2,6-8H2,1H3,(H,18,19). The molecule has 2 unspecified atom stereocenters. The Balaban J connectivity index is 2.02. The second kappa shape index (κ2) is 6.39. The minimum atomic E-state index is -0.787. The van der Waals surface area contributed by atoms with E-state index >= 15 is 0 Å². The number of carboxylic acid groups (broad SMARTS) is 1. The van der Waals surface area contributed by atoms with Crippen molar-refractivity contribution in [1.82, 2.24) is 0 Å². The van der Waals surface area contributed by atoms with Gasteiger partial charge in [0.15, 0.2) is 5.78 Å². The van der Waals surface area contributed by atoms with E-state index < -0.39 is 5.97 Å². The van der Waals surface area contributed by atoms with Crippen LogP contribution in [0.25, 0.3) is 0 Å². The number of carbonyl (C=O) groups excluding carboxylic acids is 1. The van der Waals surface area contributed by atoms with Gasteiger partial charge in [-0.25, -0.2) is 0 Å². The lowest BCUT2D eigenvalue weighted by Crippen LogP contribution is -2.16. The predicted octanol–water partition coefficient (Wildman–Crippen LogP) is 3.07. The fourth-order valence-electron chi connectivity index (χ4n) is 2.40. The van der Waals surface area contributed by atoms with Gasteiger partial charge in [-0.3, -0.25) is 9.59 Å². The lowest BCUT2D eigenvalue weighted by Gasteiger charge is -2.13. The van der Waals surface area contributed by atoms with E-state index in [1.165, 1.54) is 0 Å². The van der Waals surface area contributed by atoms with Crippen LogP contribution in [0, 0.1) is 5.92 Å². The maximum atomic E-state index is 11.9. The van der Waals surface area contributed by atoms with Gasteiger partial charge in [-0.2, -0.15) is 0 Å². The summed E-state index contributed by atoms with van der Waals surface area (Å²) in [5.41, 5.74) is 1.62. The zero-order chi connectivity index (χ0) is 14.7. The van der Waals surface area contributed by atoms with Crippen LogP contribution in [0.4, 0.5) is 0 Å². The molecule has 0 saturated heterocycles. The van der Waals surface area contributed by atoms with Crippen molar-refractivity contribution in [1.29, 1.82) is 0 Å². The molecule has 1 aromatic carbocycles. The zero-order valence-corrected chi connectivity index (χ0v) is 12.9. The number of carbonyl (C=O) groups is 2. The third-order valence-electron chi connectivity index (χ3n) is 3.63. The van der Waals surface area contributed by atoms with E-state index in [-0.39, 0.29) is 16.5 Å². The zero-order valence-electron chi connectivity index (χ0n) is 11.3. The maximum Gasteiger partial charge on any atom is 0.306 e. The number of benzene rings is 1. The largest absolute Gasteiger partial charge is 0.493 e. The Hall–Kier alpha value is -1.36. The highest BCUT2D eigenvalue weighted by atomic mass is 79.9. The number of hydrogen-bond acceptors (Lipinski definition) is 3. The summed E-state index contributed by atoms with van der Waals surface area (Å²) in [5.74, 6) is -0.386. The van der Waals surface area contributed by atoms with Crippen molar-refractivity contribution in [3.8, 4) is 5.75 Å². The van der Waals surface area contributed by atoms with Crippen molar-refractivity contribution >= 4 is 27.7 Å². The molecule has 1 N–H and O–H groups in total. The lowest BCUT2D eigenvalue weighted by atomic mass is 10.0. The topological polar surface area (TPSA) is 63.6 Å². The Bertz CT molecular complexity index is 527. The lowest BCUT2D eigenvalue weighted by molar-refractivity contribution is -0.142. The van der Waals surface area contributed by atoms with E-state index in [1.54, 1.807) is 12.1 Å². The Morgan fingerprint density at radius 3 is 2.95 bits per heavy atom. The summed E-state index contributed by atoms with van der Waals surface area (Å²) in [6.45, 7) is 2.20. The number of ether oxygens (including phenoxy) is 1. The summed E-state index contributed by atoms with van der Waals surface area (Å²) >= 11 is 3.36. The number of hydrogen-bond donors (Lipinski definition) is 1. The van der Waals surface area contributed by atoms with Crippen LogP contribution in [-0.2, 0) is 11.2 Å². The molecule has 2 rings (SSSR count). The summed E-state index contributed by atoms with van der Waals surface area (Å²) in [7, 11) is 0. The van der Waals surface area contributed by atoms with Crippen LogP contribution < -0.4 is 4.74 Å². The van der Waals surface area contributed by atoms with Gasteiger partial charge < -0.3 is 9.84 Å². The molecule has 0 bridgehead atoms. The van der Waals surface area contributed by atoms with Crippen LogP contribution in [0.1, 0.15) is 35.7 Å². The van der Waals surface area contributed by atoms with E-state index in [4.69, 9.17) is 9.84 Å². The van der Waals surface area contributed by atoms with Crippen LogP contribution in [0.3, 0.4) is 0 Å². The number of ketones is 1. The average molecular weight is 341 g/mol. The van der Waals surface area contributed by atoms with Crippen molar-refractivity contribution in [3.05, 3.63) is 29.3 Å². The van der Waals surface area contributed by atoms with E-state index in [0.29, 0.717) is 37.2 Å². The number of fused-ring (bicyclic) bond motifs is 1. The first-order chi connectivity index (χ1) is 9.54. The van der Waals surface area contributed by atoms with Gasteiger partial charge in [0.05, 0.1) is 17.4 Å². The third kappa shape index (κ3) is 3.03. The normalized spacial score (nSPS) is 18.7. The van der Waals surface area contributed by atoms with Gasteiger partial charge in [-0.1, -0.05) is 35.0 Å². The van der Waals surface area contributed by atoms with Crippen molar-refractivity contribution in [2.75, 3.05) is 6.61 Å². The van der Waals surface area contributed by atoms with Gasteiger partial charge >= 0.3 is 5.97 Å². The molecule has 1 aromatic rings. The number of carboxylic acids is 1. The first kappa shape index (κ1) is 15.0. The second-order valence-electron chi connectivity index (χ2n) is 4.90. The van der Waals surface area contributed by atoms with Crippen molar-refractivity contribution in [2.45, 2.75) is 31.0 Å². The summed E-state index contributed by atoms with van der Waals surface area (Å²) in [5, 5.41) is 8.99. The summed E-state index contributed by atoms with van der Waals surface area (Å²) in [4.78, 5) is 22.6. The van der Waals surface area contributed by atoms with Crippen LogP contribution in [0.2, 0.25) is 0 Å². The molecular formula is C15H17BrO4. The van der Waals surface area contributed by atoms with E-state index in [2.05, 4.69) is 15.9 Å². The molecule has 4 nitrogen and oxygen atoms in total. The monoisotopic (exact) mass is 340 g/mol. The number of aliphatic carboxylic acids is 1. The summed E-state index contributed by atoms with van der Waals surface area (Å²) < 4.78 is 5.69. The van der Waals surface area contributed by atoms with E-state index in [0.717, 1.165) is 5.56 Å². The molecule has 0 aromatic heterocycles. The molecular weight excluding hydrogens is 324 g/mol. The molecule has 0 spiro atoms. The van der Waals surface area contributed by atoms with Crippen LogP contribution in [0.5, 0.6) is 5.75 Å². The Morgan fingerprint density at radius 1 is 1.55 bits per heavy atom. The van der Waals surface area contributed by atoms with Gasteiger partial charge in [0.1, 0.15) is 5.75 Å². The molecule has 1 aliphatic rings. The first-order valence-electron chi connectivity index (χ1n) is 6.70. The number of halogens is 1. The predicted molar refractivity (Wildman–Crippen MR) is 78.7 cm³/mol. The SMILES string of the molecule is CCC(CCOc1cccc2c1CC(Br)C2=O)C(=O)O. The van der Waals surface area contributed by atoms with Crippen LogP contribution in [0.15, 0.2) is 18.2 Å². The highest BCUT2D eigenvalue weighted by Gasteiger charge is 2.30. The minimum absolute atomic E-state index is 0.0856. The molecule has 0 aliphatic heterocycles. The van der Waals surface area contributed by atoms with Gasteiger partial charge in [-0.15, -0.1) is 0 Å². The Kier molecular flexibility index (Phi) is 4.81. The van der Waals surface area contributed by atoms with Gasteiger partial charge in [0, 0.05) is 11.1 Å². The van der Waals surface area contributed by atoms with Gasteiger partial charge in [0.25, 0.3) is 0 Å². The average Bonchev–Trinajstić information content (AvgIpc) is 2.71. The molecule has 0 radical (unpaired) electrons. The molecule has 108 valence electrons. The number of rotatable bonds is 6.